The van der Waals surface area contributed by atoms with Crippen LogP contribution in [0.3, 0.4) is 0 Å². The number of aliphatic carboxylic acids is 1. The van der Waals surface area contributed by atoms with E-state index in [0.29, 0.717) is 32.1 Å². The Labute approximate surface area is 155 Å². The highest BCUT2D eigenvalue weighted by Crippen LogP contribution is 2.38. The average molecular weight is 362 g/mol. The summed E-state index contributed by atoms with van der Waals surface area (Å²) >= 11 is 0. The van der Waals surface area contributed by atoms with E-state index >= 15 is 0 Å². The van der Waals surface area contributed by atoms with Crippen LogP contribution in [0.15, 0.2) is 42.5 Å². The molecule has 0 heterocycles. The maximum Gasteiger partial charge on any atom is 0.307 e. The van der Waals surface area contributed by atoms with Crippen molar-refractivity contribution in [1.29, 1.82) is 0 Å². The van der Waals surface area contributed by atoms with E-state index in [1.54, 1.807) is 12.2 Å². The number of benzene rings is 1. The molecule has 5 atom stereocenters. The zero-order chi connectivity index (χ0) is 18.9. The first-order valence-corrected chi connectivity index (χ1v) is 9.42. The molecule has 1 fully saturated rings. The van der Waals surface area contributed by atoms with E-state index in [2.05, 4.69) is 0 Å². The Morgan fingerprint density at radius 3 is 2.46 bits per heavy atom. The Bertz CT molecular complexity index is 571. The first-order chi connectivity index (χ1) is 12.5. The van der Waals surface area contributed by atoms with E-state index in [0.717, 1.165) is 6.42 Å². The molecule has 1 saturated carbocycles. The molecule has 0 unspecified atom stereocenters. The number of rotatable bonds is 10. The van der Waals surface area contributed by atoms with Gasteiger partial charge >= 0.3 is 5.97 Å². The van der Waals surface area contributed by atoms with Crippen molar-refractivity contribution in [2.24, 2.45) is 11.8 Å². The summed E-state index contributed by atoms with van der Waals surface area (Å²) in [5.74, 6) is -1.03. The number of allylic oxidation sites excluding steroid dienone is 1. The lowest BCUT2D eigenvalue weighted by atomic mass is 9.85. The van der Waals surface area contributed by atoms with Gasteiger partial charge in [-0.2, -0.15) is 0 Å². The molecular weight excluding hydrogens is 332 g/mol. The minimum atomic E-state index is -0.883. The molecule has 1 aliphatic rings. The number of carbonyl (C=O) groups is 1. The minimum Gasteiger partial charge on any atom is -0.481 e. The van der Waals surface area contributed by atoms with E-state index in [1.807, 2.05) is 30.3 Å². The predicted octanol–water partition coefficient (Wildman–Crippen LogP) is 2.54. The number of carboxylic acid groups (broad SMARTS) is 1. The van der Waals surface area contributed by atoms with Crippen molar-refractivity contribution >= 4 is 5.97 Å². The third kappa shape index (κ3) is 6.56. The molecule has 4 N–H and O–H groups in total. The highest BCUT2D eigenvalue weighted by atomic mass is 16.4. The molecule has 0 amide bonds. The number of aryl methyl sites for hydroxylation is 1. The lowest BCUT2D eigenvalue weighted by molar-refractivity contribution is -0.136. The van der Waals surface area contributed by atoms with Gasteiger partial charge < -0.3 is 20.4 Å². The van der Waals surface area contributed by atoms with Gasteiger partial charge in [-0.05, 0) is 55.9 Å². The van der Waals surface area contributed by atoms with Gasteiger partial charge in [-0.25, -0.2) is 0 Å². The first-order valence-electron chi connectivity index (χ1n) is 9.42. The highest BCUT2D eigenvalue weighted by Gasteiger charge is 2.40. The van der Waals surface area contributed by atoms with Gasteiger partial charge in [-0.3, -0.25) is 4.79 Å². The number of hydrogen-bond donors (Lipinski definition) is 4. The lowest BCUT2D eigenvalue weighted by Crippen LogP contribution is -2.23. The predicted molar refractivity (Wildman–Crippen MR) is 99.6 cm³/mol. The van der Waals surface area contributed by atoms with E-state index in [9.17, 15) is 20.1 Å². The molecule has 0 saturated heterocycles. The number of carboxylic acids is 1. The second-order valence-corrected chi connectivity index (χ2v) is 7.26. The summed E-state index contributed by atoms with van der Waals surface area (Å²) in [4.78, 5) is 10.5. The Morgan fingerprint density at radius 2 is 1.77 bits per heavy atom. The number of aliphatic hydroxyl groups is 3. The van der Waals surface area contributed by atoms with Crippen molar-refractivity contribution in [2.75, 3.05) is 0 Å². The smallest absolute Gasteiger partial charge is 0.307 e. The topological polar surface area (TPSA) is 98.0 Å². The number of aliphatic hydroxyl groups excluding tert-OH is 3. The maximum atomic E-state index is 10.5. The van der Waals surface area contributed by atoms with Gasteiger partial charge in [0.2, 0.25) is 0 Å². The monoisotopic (exact) mass is 362 g/mol. The molecule has 5 heteroatoms. The van der Waals surface area contributed by atoms with Gasteiger partial charge in [0.05, 0.1) is 24.7 Å². The Kier molecular flexibility index (Phi) is 8.29. The van der Waals surface area contributed by atoms with Crippen molar-refractivity contribution in [2.45, 2.75) is 63.3 Å². The molecule has 26 heavy (non-hydrogen) atoms. The van der Waals surface area contributed by atoms with Crippen LogP contribution < -0.4 is 0 Å². The fourth-order valence-corrected chi connectivity index (χ4v) is 3.85. The zero-order valence-electron chi connectivity index (χ0n) is 15.1. The van der Waals surface area contributed by atoms with Gasteiger partial charge in [-0.15, -0.1) is 0 Å². The lowest BCUT2D eigenvalue weighted by Gasteiger charge is -2.23. The van der Waals surface area contributed by atoms with Crippen molar-refractivity contribution in [3.05, 3.63) is 48.0 Å². The molecule has 2 rings (SSSR count). The molecule has 1 aromatic carbocycles. The number of hydrogen-bond acceptors (Lipinski definition) is 4. The van der Waals surface area contributed by atoms with E-state index in [1.165, 1.54) is 5.56 Å². The van der Waals surface area contributed by atoms with Crippen molar-refractivity contribution in [3.63, 3.8) is 0 Å². The molecule has 0 radical (unpaired) electrons. The molecule has 5 nitrogen and oxygen atoms in total. The molecule has 0 bridgehead atoms. The second-order valence-electron chi connectivity index (χ2n) is 7.26. The summed E-state index contributed by atoms with van der Waals surface area (Å²) in [6.45, 7) is 0. The molecule has 1 aromatic rings. The third-order valence-electron chi connectivity index (χ3n) is 5.33. The summed E-state index contributed by atoms with van der Waals surface area (Å²) in [5.41, 5.74) is 1.20. The van der Waals surface area contributed by atoms with Gasteiger partial charge in [0.15, 0.2) is 0 Å². The van der Waals surface area contributed by atoms with Crippen LogP contribution in [0, 0.1) is 11.8 Å². The van der Waals surface area contributed by atoms with Gasteiger partial charge in [0, 0.05) is 0 Å². The summed E-state index contributed by atoms with van der Waals surface area (Å²) in [7, 11) is 0. The van der Waals surface area contributed by atoms with E-state index in [-0.39, 0.29) is 18.3 Å². The average Bonchev–Trinajstić information content (AvgIpc) is 2.88. The van der Waals surface area contributed by atoms with E-state index in [4.69, 9.17) is 5.11 Å². The maximum absolute atomic E-state index is 10.5. The summed E-state index contributed by atoms with van der Waals surface area (Å²) in [5, 5.41) is 39.3. The molecule has 0 spiro atoms. The van der Waals surface area contributed by atoms with Crippen molar-refractivity contribution < 1.29 is 25.2 Å². The van der Waals surface area contributed by atoms with Crippen LogP contribution in [-0.2, 0) is 11.2 Å². The summed E-state index contributed by atoms with van der Waals surface area (Å²) < 4.78 is 0. The Morgan fingerprint density at radius 1 is 1.08 bits per heavy atom. The third-order valence-corrected chi connectivity index (χ3v) is 5.33. The van der Waals surface area contributed by atoms with Crippen LogP contribution in [0.1, 0.15) is 44.1 Å². The largest absolute Gasteiger partial charge is 0.481 e. The van der Waals surface area contributed by atoms with Gasteiger partial charge in [-0.1, -0.05) is 42.5 Å². The summed E-state index contributed by atoms with van der Waals surface area (Å²) in [6.07, 6.45) is 5.41. The Hall–Kier alpha value is -1.69. The van der Waals surface area contributed by atoms with E-state index < -0.39 is 24.3 Å². The molecule has 144 valence electrons. The minimum absolute atomic E-state index is 0.0335. The SMILES string of the molecule is O=C(O)C/C=C\C[C@@H]1[C@@H](CC[C@@H](O)CCc2ccccc2)[C@H](O)C[C@@H]1O. The van der Waals surface area contributed by atoms with Crippen molar-refractivity contribution in [3.8, 4) is 0 Å². The fraction of sp³-hybridized carbons (Fsp3) is 0.571. The summed E-state index contributed by atoms with van der Waals surface area (Å²) in [6, 6.07) is 10.0. The van der Waals surface area contributed by atoms with Crippen LogP contribution in [-0.4, -0.2) is 44.7 Å². The normalized spacial score (nSPS) is 27.0. The highest BCUT2D eigenvalue weighted by molar-refractivity contribution is 5.68. The molecule has 0 aromatic heterocycles. The van der Waals surface area contributed by atoms with Crippen molar-refractivity contribution in [1.82, 2.24) is 0 Å². The van der Waals surface area contributed by atoms with Gasteiger partial charge in [0.25, 0.3) is 0 Å². The fourth-order valence-electron chi connectivity index (χ4n) is 3.85. The van der Waals surface area contributed by atoms with Crippen LogP contribution in [0.25, 0.3) is 0 Å². The van der Waals surface area contributed by atoms with Gasteiger partial charge in [0.1, 0.15) is 0 Å². The molecule has 0 aliphatic heterocycles. The quantitative estimate of drug-likeness (QED) is 0.480. The Balaban J connectivity index is 1.79. The van der Waals surface area contributed by atoms with Crippen LogP contribution in [0.5, 0.6) is 0 Å². The molecule has 1 aliphatic carbocycles. The van der Waals surface area contributed by atoms with Crippen LogP contribution >= 0.6 is 0 Å². The van der Waals surface area contributed by atoms with Crippen LogP contribution in [0.4, 0.5) is 0 Å². The van der Waals surface area contributed by atoms with Crippen LogP contribution in [0.2, 0.25) is 0 Å². The zero-order valence-corrected chi connectivity index (χ0v) is 15.1. The standard InChI is InChI=1S/C21H30O5/c22-16(11-10-15-6-2-1-3-7-15)12-13-18-17(19(23)14-20(18)24)8-4-5-9-21(25)26/h1-7,16-20,22-24H,8-14H2,(H,25,26)/b5-4-/t16-,17+,18+,19-,20+/m0/s1. The first kappa shape index (κ1) is 20.6. The second kappa shape index (κ2) is 10.5. The molecular formula is C21H30O5.